The molecule has 22 heavy (non-hydrogen) atoms. The molecule has 2 atom stereocenters. The minimum atomic E-state index is -1.02. The van der Waals surface area contributed by atoms with E-state index in [1.165, 1.54) is 11.8 Å². The van der Waals surface area contributed by atoms with Crippen LogP contribution in [0.2, 0.25) is 0 Å². The number of carboxylic acid groups (broad SMARTS) is 1. The quantitative estimate of drug-likeness (QED) is 0.678. The van der Waals surface area contributed by atoms with Crippen LogP contribution in [0.15, 0.2) is 12.1 Å². The Kier molecular flexibility index (Phi) is 4.11. The lowest BCUT2D eigenvalue weighted by Crippen LogP contribution is -2.30. The number of carbonyl (C=O) groups excluding carboxylic acids is 1. The van der Waals surface area contributed by atoms with E-state index in [1.807, 2.05) is 0 Å². The Bertz CT molecular complexity index is 661. The molecule has 8 heteroatoms. The van der Waals surface area contributed by atoms with Crippen molar-refractivity contribution in [3.05, 3.63) is 39.2 Å². The number of benzene rings is 1. The minimum Gasteiger partial charge on any atom is -0.481 e. The van der Waals surface area contributed by atoms with Crippen LogP contribution in [0.5, 0.6) is 0 Å². The first kappa shape index (κ1) is 15.9. The molecule has 7 nitrogen and oxygen atoms in total. The van der Waals surface area contributed by atoms with Crippen molar-refractivity contribution in [2.75, 3.05) is 13.1 Å². The molecule has 1 aliphatic heterocycles. The van der Waals surface area contributed by atoms with Crippen molar-refractivity contribution in [2.24, 2.45) is 11.8 Å². The molecular formula is C14H15FN2O5. The van der Waals surface area contributed by atoms with Gasteiger partial charge in [0, 0.05) is 18.7 Å². The molecular weight excluding hydrogens is 295 g/mol. The Morgan fingerprint density at radius 1 is 1.41 bits per heavy atom. The molecule has 1 aromatic carbocycles. The lowest BCUT2D eigenvalue weighted by molar-refractivity contribution is -0.385. The van der Waals surface area contributed by atoms with Crippen molar-refractivity contribution in [3.63, 3.8) is 0 Å². The number of nitro groups is 1. The van der Waals surface area contributed by atoms with Crippen molar-refractivity contribution in [3.8, 4) is 0 Å². The molecule has 1 aliphatic rings. The number of aryl methyl sites for hydroxylation is 1. The molecule has 0 aliphatic carbocycles. The highest BCUT2D eigenvalue weighted by molar-refractivity contribution is 5.99. The zero-order valence-corrected chi connectivity index (χ0v) is 12.1. The van der Waals surface area contributed by atoms with Gasteiger partial charge in [0.15, 0.2) is 0 Å². The number of aliphatic carboxylic acids is 1. The molecule has 0 unspecified atom stereocenters. The molecule has 1 N–H and O–H groups in total. The third-order valence-corrected chi connectivity index (χ3v) is 3.89. The first-order chi connectivity index (χ1) is 10.2. The molecule has 1 aromatic rings. The predicted octanol–water partition coefficient (Wildman–Crippen LogP) is 1.84. The van der Waals surface area contributed by atoms with E-state index >= 15 is 0 Å². The molecule has 0 spiro atoms. The van der Waals surface area contributed by atoms with Crippen molar-refractivity contribution < 1.29 is 24.0 Å². The fraction of sp³-hybridized carbons (Fsp3) is 0.429. The number of hydrogen-bond donors (Lipinski definition) is 1. The van der Waals surface area contributed by atoms with E-state index in [9.17, 15) is 24.1 Å². The number of amides is 1. The minimum absolute atomic E-state index is 0.0396. The summed E-state index contributed by atoms with van der Waals surface area (Å²) < 4.78 is 13.5. The molecule has 1 fully saturated rings. The van der Waals surface area contributed by atoms with Gasteiger partial charge in [-0.2, -0.15) is 0 Å². The Balaban J connectivity index is 2.39. The molecule has 0 radical (unpaired) electrons. The molecule has 1 heterocycles. The monoisotopic (exact) mass is 310 g/mol. The van der Waals surface area contributed by atoms with Gasteiger partial charge in [0.05, 0.1) is 10.8 Å². The van der Waals surface area contributed by atoms with Crippen LogP contribution in [-0.4, -0.2) is 39.9 Å². The Labute approximate surface area is 125 Å². The van der Waals surface area contributed by atoms with E-state index in [0.717, 1.165) is 12.1 Å². The highest BCUT2D eigenvalue weighted by Crippen LogP contribution is 2.30. The predicted molar refractivity (Wildman–Crippen MR) is 74.0 cm³/mol. The summed E-state index contributed by atoms with van der Waals surface area (Å²) in [5.41, 5.74) is -0.742. The number of nitrogens with zero attached hydrogens (tertiary/aromatic N) is 2. The second kappa shape index (κ2) is 5.70. The van der Waals surface area contributed by atoms with Gasteiger partial charge in [-0.05, 0) is 25.0 Å². The van der Waals surface area contributed by atoms with E-state index < -0.39 is 34.2 Å². The first-order valence-corrected chi connectivity index (χ1v) is 6.69. The van der Waals surface area contributed by atoms with E-state index in [0.29, 0.717) is 0 Å². The summed E-state index contributed by atoms with van der Waals surface area (Å²) in [7, 11) is 0. The molecule has 0 bridgehead atoms. The maximum absolute atomic E-state index is 13.5. The fourth-order valence-electron chi connectivity index (χ4n) is 2.77. The van der Waals surface area contributed by atoms with Crippen LogP contribution in [-0.2, 0) is 4.79 Å². The Morgan fingerprint density at radius 2 is 2.05 bits per heavy atom. The Hall–Kier alpha value is -2.51. The van der Waals surface area contributed by atoms with Gasteiger partial charge in [0.1, 0.15) is 11.4 Å². The van der Waals surface area contributed by atoms with Crippen LogP contribution in [0, 0.1) is 34.7 Å². The summed E-state index contributed by atoms with van der Waals surface area (Å²) in [5, 5.41) is 20.2. The SMILES string of the molecule is Cc1cc(F)cc(C(=O)N2C[C@@H](C)[C@H](C(=O)O)C2)c1[N+](=O)[O-]. The van der Waals surface area contributed by atoms with E-state index in [2.05, 4.69) is 0 Å². The van der Waals surface area contributed by atoms with Crippen LogP contribution < -0.4 is 0 Å². The van der Waals surface area contributed by atoms with Crippen LogP contribution in [0.4, 0.5) is 10.1 Å². The zero-order chi connectivity index (χ0) is 16.6. The second-order valence-electron chi connectivity index (χ2n) is 5.51. The molecule has 118 valence electrons. The second-order valence-corrected chi connectivity index (χ2v) is 5.51. The average Bonchev–Trinajstić information content (AvgIpc) is 2.78. The number of halogens is 1. The topological polar surface area (TPSA) is 101 Å². The van der Waals surface area contributed by atoms with Gasteiger partial charge in [-0.1, -0.05) is 6.92 Å². The van der Waals surface area contributed by atoms with Crippen LogP contribution in [0.25, 0.3) is 0 Å². The third kappa shape index (κ3) is 2.76. The summed E-state index contributed by atoms with van der Waals surface area (Å²) in [6.45, 7) is 3.17. The van der Waals surface area contributed by atoms with E-state index in [1.54, 1.807) is 6.92 Å². The molecule has 2 rings (SSSR count). The molecule has 0 aromatic heterocycles. The summed E-state index contributed by atoms with van der Waals surface area (Å²) in [4.78, 5) is 35.2. The summed E-state index contributed by atoms with van der Waals surface area (Å²) >= 11 is 0. The maximum atomic E-state index is 13.5. The van der Waals surface area contributed by atoms with Gasteiger partial charge in [-0.25, -0.2) is 4.39 Å². The smallest absolute Gasteiger partial charge is 0.308 e. The van der Waals surface area contributed by atoms with E-state index in [-0.39, 0.29) is 30.1 Å². The lowest BCUT2D eigenvalue weighted by atomic mass is 9.99. The van der Waals surface area contributed by atoms with Gasteiger partial charge < -0.3 is 10.0 Å². The summed E-state index contributed by atoms with van der Waals surface area (Å²) in [5.74, 6) is -3.47. The normalized spacial score (nSPS) is 21.0. The van der Waals surface area contributed by atoms with E-state index in [4.69, 9.17) is 5.11 Å². The number of nitro benzene ring substituents is 1. The first-order valence-electron chi connectivity index (χ1n) is 6.69. The third-order valence-electron chi connectivity index (χ3n) is 3.89. The van der Waals surface area contributed by atoms with Crippen LogP contribution >= 0.6 is 0 Å². The summed E-state index contributed by atoms with van der Waals surface area (Å²) in [6, 6.07) is 1.81. The van der Waals surface area contributed by atoms with Gasteiger partial charge in [-0.15, -0.1) is 0 Å². The highest BCUT2D eigenvalue weighted by atomic mass is 19.1. The van der Waals surface area contributed by atoms with Gasteiger partial charge in [0.2, 0.25) is 0 Å². The molecule has 1 saturated heterocycles. The lowest BCUT2D eigenvalue weighted by Gasteiger charge is -2.16. The van der Waals surface area contributed by atoms with Crippen LogP contribution in [0.3, 0.4) is 0 Å². The number of carbonyl (C=O) groups is 2. The number of carboxylic acids is 1. The average molecular weight is 310 g/mol. The van der Waals surface area contributed by atoms with Gasteiger partial charge in [-0.3, -0.25) is 19.7 Å². The highest BCUT2D eigenvalue weighted by Gasteiger charge is 2.39. The maximum Gasteiger partial charge on any atom is 0.308 e. The molecule has 1 amide bonds. The Morgan fingerprint density at radius 3 is 2.55 bits per heavy atom. The standard InChI is InChI=1S/C14H15FN2O5/c1-7-3-9(15)4-10(12(7)17(21)22)13(18)16-5-8(2)11(6-16)14(19)20/h3-4,8,11H,5-6H2,1-2H3,(H,19,20)/t8-,11-/m1/s1. The number of likely N-dealkylation sites (tertiary alicyclic amines) is 1. The van der Waals surface area contributed by atoms with Crippen molar-refractivity contribution in [2.45, 2.75) is 13.8 Å². The number of rotatable bonds is 3. The van der Waals surface area contributed by atoms with Gasteiger partial charge >= 0.3 is 5.97 Å². The van der Waals surface area contributed by atoms with Crippen molar-refractivity contribution in [1.82, 2.24) is 4.90 Å². The fourth-order valence-corrected chi connectivity index (χ4v) is 2.77. The van der Waals surface area contributed by atoms with Crippen molar-refractivity contribution >= 4 is 17.6 Å². The molecule has 0 saturated carbocycles. The van der Waals surface area contributed by atoms with Gasteiger partial charge in [0.25, 0.3) is 11.6 Å². The zero-order valence-electron chi connectivity index (χ0n) is 12.1. The largest absolute Gasteiger partial charge is 0.481 e. The van der Waals surface area contributed by atoms with Crippen molar-refractivity contribution in [1.29, 1.82) is 0 Å². The van der Waals surface area contributed by atoms with Crippen LogP contribution in [0.1, 0.15) is 22.8 Å². The number of hydrogen-bond acceptors (Lipinski definition) is 4. The summed E-state index contributed by atoms with van der Waals surface area (Å²) in [6.07, 6.45) is 0.